The molecule has 6 aliphatic rings. The number of hydrogen-bond acceptors (Lipinski definition) is 9. The number of nitrogens with one attached hydrogen (secondary N) is 1. The summed E-state index contributed by atoms with van der Waals surface area (Å²) in [6, 6.07) is 2.44. The van der Waals surface area contributed by atoms with Crippen molar-refractivity contribution in [3.63, 3.8) is 0 Å². The van der Waals surface area contributed by atoms with Gasteiger partial charge in [-0.3, -0.25) is 0 Å². The molecule has 1 aromatic carbocycles. The third-order valence-electron chi connectivity index (χ3n) is 9.75. The van der Waals surface area contributed by atoms with Crippen molar-refractivity contribution in [2.75, 3.05) is 43.6 Å². The number of aromatic nitrogens is 3. The van der Waals surface area contributed by atoms with Gasteiger partial charge < -0.3 is 30.2 Å². The molecule has 44 heavy (non-hydrogen) atoms. The number of anilines is 2. The van der Waals surface area contributed by atoms with E-state index in [4.69, 9.17) is 24.9 Å². The van der Waals surface area contributed by atoms with Crippen molar-refractivity contribution < 1.29 is 36.2 Å². The molecule has 234 valence electrons. The summed E-state index contributed by atoms with van der Waals surface area (Å²) in [6.45, 7) is 2.48. The van der Waals surface area contributed by atoms with Crippen LogP contribution in [0.1, 0.15) is 43.2 Å². The van der Waals surface area contributed by atoms with Gasteiger partial charge in [0.2, 0.25) is 5.88 Å². The molecular formula is C30H31F5N6O3. The Kier molecular flexibility index (Phi) is 6.04. The van der Waals surface area contributed by atoms with Crippen molar-refractivity contribution in [1.29, 1.82) is 0 Å². The van der Waals surface area contributed by atoms with E-state index in [9.17, 15) is 17.6 Å². The molecule has 4 saturated heterocycles. The highest BCUT2D eigenvalue weighted by Gasteiger charge is 2.59. The second kappa shape index (κ2) is 9.49. The van der Waals surface area contributed by atoms with E-state index in [1.165, 1.54) is 13.0 Å². The number of nitrogens with zero attached hydrogens (tertiary/aromatic N) is 4. The van der Waals surface area contributed by atoms with Gasteiger partial charge in [-0.05, 0) is 50.3 Å². The molecule has 5 aliphatic heterocycles. The van der Waals surface area contributed by atoms with E-state index in [1.807, 2.05) is 0 Å². The largest absolute Gasteiger partial charge is 0.477 e. The van der Waals surface area contributed by atoms with E-state index >= 15 is 4.39 Å². The van der Waals surface area contributed by atoms with Crippen LogP contribution >= 0.6 is 0 Å². The van der Waals surface area contributed by atoms with E-state index in [0.717, 1.165) is 18.9 Å². The van der Waals surface area contributed by atoms with Gasteiger partial charge in [-0.25, -0.2) is 13.8 Å². The summed E-state index contributed by atoms with van der Waals surface area (Å²) in [5, 5.41) is 3.80. The molecular weight excluding hydrogens is 587 g/mol. The maximum Gasteiger partial charge on any atom is 0.417 e. The molecule has 7 heterocycles. The molecule has 9 rings (SSSR count). The van der Waals surface area contributed by atoms with Gasteiger partial charge in [0.1, 0.15) is 28.1 Å². The fourth-order valence-electron chi connectivity index (χ4n) is 8.11. The van der Waals surface area contributed by atoms with E-state index < -0.39 is 39.9 Å². The molecule has 0 amide bonds. The SMILES string of the molecule is Cc1cc(N)cc(-c2nc3c4c(nc(OCC56COCC(F)(C5)C6)nc4c2F)N2C[C@H]4CC[C@H](N4)[C@H]2CCO3)c1C(F)(F)F. The van der Waals surface area contributed by atoms with Gasteiger partial charge in [-0.15, -0.1) is 0 Å². The van der Waals surface area contributed by atoms with Crippen LogP contribution in [0.3, 0.4) is 0 Å². The van der Waals surface area contributed by atoms with Crippen molar-refractivity contribution in [2.24, 2.45) is 5.41 Å². The molecule has 0 spiro atoms. The molecule has 9 nitrogen and oxygen atoms in total. The first-order valence-corrected chi connectivity index (χ1v) is 14.9. The van der Waals surface area contributed by atoms with E-state index in [1.54, 1.807) is 0 Å². The number of hydrogen-bond donors (Lipinski definition) is 2. The Morgan fingerprint density at radius 1 is 1.14 bits per heavy atom. The highest BCUT2D eigenvalue weighted by atomic mass is 19.4. The summed E-state index contributed by atoms with van der Waals surface area (Å²) in [6.07, 6.45) is -1.74. The van der Waals surface area contributed by atoms with Crippen LogP contribution in [0, 0.1) is 18.2 Å². The number of ether oxygens (including phenoxy) is 3. The van der Waals surface area contributed by atoms with Crippen LogP contribution in [0.5, 0.6) is 11.9 Å². The first kappa shape index (κ1) is 28.0. The Morgan fingerprint density at radius 3 is 2.73 bits per heavy atom. The molecule has 0 unspecified atom stereocenters. The Labute approximate surface area is 249 Å². The van der Waals surface area contributed by atoms with Crippen LogP contribution in [0.25, 0.3) is 22.2 Å². The summed E-state index contributed by atoms with van der Waals surface area (Å²) in [7, 11) is 0. The predicted octanol–water partition coefficient (Wildman–Crippen LogP) is 4.73. The fraction of sp³-hybridized carbons (Fsp3) is 0.567. The van der Waals surface area contributed by atoms with Gasteiger partial charge in [0, 0.05) is 47.8 Å². The first-order chi connectivity index (χ1) is 20.9. The zero-order chi connectivity index (χ0) is 30.6. The van der Waals surface area contributed by atoms with Crippen LogP contribution in [0.4, 0.5) is 33.5 Å². The lowest BCUT2D eigenvalue weighted by Crippen LogP contribution is -2.61. The number of pyridine rings is 1. The number of nitrogens with two attached hydrogens (primary N) is 1. The van der Waals surface area contributed by atoms with E-state index in [0.29, 0.717) is 25.4 Å². The number of fused-ring (bicyclic) bond motifs is 7. The number of piperazine rings is 1. The minimum atomic E-state index is -4.81. The predicted molar refractivity (Wildman–Crippen MR) is 150 cm³/mol. The van der Waals surface area contributed by atoms with Crippen LogP contribution < -0.4 is 25.4 Å². The zero-order valence-corrected chi connectivity index (χ0v) is 23.9. The maximum atomic E-state index is 16.7. The number of rotatable bonds is 4. The highest BCUT2D eigenvalue weighted by Crippen LogP contribution is 2.55. The van der Waals surface area contributed by atoms with Crippen molar-refractivity contribution in [3.8, 4) is 23.1 Å². The molecule has 1 aliphatic carbocycles. The van der Waals surface area contributed by atoms with Gasteiger partial charge in [0.05, 0.1) is 32.0 Å². The fourth-order valence-corrected chi connectivity index (χ4v) is 8.11. The molecule has 0 radical (unpaired) electrons. The average molecular weight is 619 g/mol. The summed E-state index contributed by atoms with van der Waals surface area (Å²) in [5.41, 5.74) is 1.47. The lowest BCUT2D eigenvalue weighted by atomic mass is 9.59. The third-order valence-corrected chi connectivity index (χ3v) is 9.75. The topological polar surface area (TPSA) is 108 Å². The molecule has 5 fully saturated rings. The lowest BCUT2D eigenvalue weighted by Gasteiger charge is -2.55. The summed E-state index contributed by atoms with van der Waals surface area (Å²) in [4.78, 5) is 15.6. The zero-order valence-electron chi connectivity index (χ0n) is 23.9. The normalized spacial score (nSPS) is 30.7. The van der Waals surface area contributed by atoms with Crippen LogP contribution in [0.2, 0.25) is 0 Å². The smallest absolute Gasteiger partial charge is 0.417 e. The summed E-state index contributed by atoms with van der Waals surface area (Å²) < 4.78 is 91.8. The number of alkyl halides is 4. The minimum absolute atomic E-state index is 0.0203. The molecule has 1 saturated carbocycles. The van der Waals surface area contributed by atoms with Crippen molar-refractivity contribution >= 4 is 22.4 Å². The minimum Gasteiger partial charge on any atom is -0.477 e. The van der Waals surface area contributed by atoms with Gasteiger partial charge in [0.25, 0.3) is 0 Å². The van der Waals surface area contributed by atoms with Crippen molar-refractivity contribution in [2.45, 2.75) is 69.0 Å². The second-order valence-electron chi connectivity index (χ2n) is 13.1. The maximum absolute atomic E-state index is 16.7. The molecule has 4 bridgehead atoms. The van der Waals surface area contributed by atoms with Gasteiger partial charge >= 0.3 is 12.2 Å². The van der Waals surface area contributed by atoms with Crippen LogP contribution in [-0.4, -0.2) is 71.7 Å². The number of nitrogen functional groups attached to an aromatic ring is 1. The Hall–Kier alpha value is -3.52. The number of halogens is 5. The molecule has 3 atom stereocenters. The van der Waals surface area contributed by atoms with Gasteiger partial charge in [-0.2, -0.15) is 23.1 Å². The van der Waals surface area contributed by atoms with Crippen molar-refractivity contribution in [1.82, 2.24) is 20.3 Å². The standard InChI is InChI=1S/C30H31F5N6O3/c1-14-6-15(36)7-17(21(14)30(33,34)35)23-22(31)24-20-25(40-27(39-24)44-12-28-9-29(32,10-28)13-42-11-28)41-8-16-2-3-18(37-16)19(41)4-5-43-26(20)38-23/h6-7,16,18-19,37H,2-5,8-13,36H2,1H3/t16-,18+,19-,28?,29?/m1/s1. The van der Waals surface area contributed by atoms with E-state index in [2.05, 4.69) is 20.2 Å². The third kappa shape index (κ3) is 4.35. The molecule has 3 N–H and O–H groups in total. The molecule has 2 aromatic heterocycles. The second-order valence-corrected chi connectivity index (χ2v) is 13.1. The lowest BCUT2D eigenvalue weighted by molar-refractivity contribution is -0.212. The summed E-state index contributed by atoms with van der Waals surface area (Å²) >= 11 is 0. The quantitative estimate of drug-likeness (QED) is 0.317. The van der Waals surface area contributed by atoms with Gasteiger partial charge in [0.15, 0.2) is 5.82 Å². The average Bonchev–Trinajstić information content (AvgIpc) is 3.33. The Balaban J connectivity index is 1.31. The van der Waals surface area contributed by atoms with E-state index in [-0.39, 0.29) is 84.8 Å². The first-order valence-electron chi connectivity index (χ1n) is 14.9. The van der Waals surface area contributed by atoms with Gasteiger partial charge in [-0.1, -0.05) is 0 Å². The number of aryl methyl sites for hydroxylation is 1. The Bertz CT molecular complexity index is 1680. The molecule has 14 heteroatoms. The Morgan fingerprint density at radius 2 is 1.95 bits per heavy atom. The monoisotopic (exact) mass is 618 g/mol. The number of benzene rings is 1. The van der Waals surface area contributed by atoms with Crippen LogP contribution in [0.15, 0.2) is 12.1 Å². The highest BCUT2D eigenvalue weighted by molar-refractivity contribution is 5.97. The van der Waals surface area contributed by atoms with Crippen LogP contribution in [-0.2, 0) is 10.9 Å². The summed E-state index contributed by atoms with van der Waals surface area (Å²) in [5.74, 6) is -0.778. The molecule has 3 aromatic rings. The van der Waals surface area contributed by atoms with Crippen molar-refractivity contribution in [3.05, 3.63) is 29.1 Å².